The number of carboxylic acids is 1. The Hall–Kier alpha value is -1.22. The van der Waals surface area contributed by atoms with Crippen molar-refractivity contribution in [3.8, 4) is 0 Å². The molecule has 4 N–H and O–H groups in total. The summed E-state index contributed by atoms with van der Waals surface area (Å²) < 4.78 is 9.11. The average molecular weight is 236 g/mol. The van der Waals surface area contributed by atoms with Crippen LogP contribution < -0.4 is 0 Å². The van der Waals surface area contributed by atoms with Crippen molar-refractivity contribution in [1.29, 1.82) is 0 Å². The van der Waals surface area contributed by atoms with Crippen molar-refractivity contribution in [3.63, 3.8) is 0 Å². The zero-order chi connectivity index (χ0) is 12.5. The number of carbonyl (C=O) groups excluding carboxylic acids is 1. The summed E-state index contributed by atoms with van der Waals surface area (Å²) in [6.45, 7) is 1.03. The van der Waals surface area contributed by atoms with E-state index in [2.05, 4.69) is 9.47 Å². The van der Waals surface area contributed by atoms with Gasteiger partial charge in [-0.1, -0.05) is 0 Å². The van der Waals surface area contributed by atoms with Gasteiger partial charge in [-0.3, -0.25) is 4.79 Å². The first-order chi connectivity index (χ1) is 7.34. The highest BCUT2D eigenvalue weighted by molar-refractivity contribution is 5.73. The molecule has 0 aromatic rings. The first-order valence-corrected chi connectivity index (χ1v) is 4.44. The SMILES string of the molecule is CC(=O)O[C@@H]1OC(C(=O)O)[C@H](O)[C@H](O)C1O. The Morgan fingerprint density at radius 2 is 1.69 bits per heavy atom. The van der Waals surface area contributed by atoms with Crippen LogP contribution in [0.3, 0.4) is 0 Å². The lowest BCUT2D eigenvalue weighted by atomic mass is 9.99. The third-order valence-electron chi connectivity index (χ3n) is 2.10. The molecule has 1 fully saturated rings. The molecule has 1 aliphatic heterocycles. The highest BCUT2D eigenvalue weighted by Crippen LogP contribution is 2.22. The summed E-state index contributed by atoms with van der Waals surface area (Å²) in [5.74, 6) is -2.34. The Bertz CT molecular complexity index is 288. The van der Waals surface area contributed by atoms with Crippen LogP contribution in [-0.2, 0) is 19.1 Å². The molecule has 0 amide bonds. The van der Waals surface area contributed by atoms with Crippen LogP contribution in [0.5, 0.6) is 0 Å². The van der Waals surface area contributed by atoms with E-state index in [1.54, 1.807) is 0 Å². The third-order valence-corrected chi connectivity index (χ3v) is 2.10. The van der Waals surface area contributed by atoms with Gasteiger partial charge in [-0.15, -0.1) is 0 Å². The molecule has 2 unspecified atom stereocenters. The molecule has 0 aromatic heterocycles. The molecule has 0 aliphatic carbocycles. The van der Waals surface area contributed by atoms with E-state index >= 15 is 0 Å². The standard InChI is InChI=1S/C8H12O8/c1-2(9)15-8-5(12)3(10)4(11)6(16-8)7(13)14/h3-6,8,10-12H,1H3,(H,13,14)/t3-,4+,5?,6?,8+/m0/s1. The van der Waals surface area contributed by atoms with Gasteiger partial charge in [0.15, 0.2) is 6.10 Å². The fourth-order valence-electron chi connectivity index (χ4n) is 1.31. The topological polar surface area (TPSA) is 134 Å². The minimum Gasteiger partial charge on any atom is -0.479 e. The lowest BCUT2D eigenvalue weighted by molar-refractivity contribution is -0.285. The van der Waals surface area contributed by atoms with Crippen molar-refractivity contribution in [2.24, 2.45) is 0 Å². The molecule has 0 radical (unpaired) electrons. The minimum absolute atomic E-state index is 0.809. The number of carbonyl (C=O) groups is 2. The van der Waals surface area contributed by atoms with Crippen molar-refractivity contribution >= 4 is 11.9 Å². The van der Waals surface area contributed by atoms with Crippen LogP contribution in [0.25, 0.3) is 0 Å². The van der Waals surface area contributed by atoms with Crippen LogP contribution in [-0.4, -0.2) is 63.1 Å². The first kappa shape index (κ1) is 12.8. The van der Waals surface area contributed by atoms with Crippen LogP contribution in [0.4, 0.5) is 0 Å². The van der Waals surface area contributed by atoms with Crippen LogP contribution in [0, 0.1) is 0 Å². The fourth-order valence-corrected chi connectivity index (χ4v) is 1.31. The predicted octanol–water partition coefficient (Wildman–Crippen LogP) is -2.56. The van der Waals surface area contributed by atoms with Gasteiger partial charge < -0.3 is 29.9 Å². The molecular formula is C8H12O8. The minimum atomic E-state index is -1.79. The second-order valence-electron chi connectivity index (χ2n) is 3.34. The molecule has 8 nitrogen and oxygen atoms in total. The van der Waals surface area contributed by atoms with Gasteiger partial charge in [0.05, 0.1) is 0 Å². The summed E-state index contributed by atoms with van der Waals surface area (Å²) in [5.41, 5.74) is 0. The van der Waals surface area contributed by atoms with E-state index in [1.807, 2.05) is 0 Å². The summed E-state index contributed by atoms with van der Waals surface area (Å²) in [5, 5.41) is 36.6. The zero-order valence-electron chi connectivity index (χ0n) is 8.31. The summed E-state index contributed by atoms with van der Waals surface area (Å²) >= 11 is 0. The number of aliphatic carboxylic acids is 1. The largest absolute Gasteiger partial charge is 0.479 e. The van der Waals surface area contributed by atoms with Gasteiger partial charge in [0.25, 0.3) is 0 Å². The molecule has 1 heterocycles. The average Bonchev–Trinajstić information content (AvgIpc) is 2.18. The van der Waals surface area contributed by atoms with Gasteiger partial charge >= 0.3 is 11.9 Å². The van der Waals surface area contributed by atoms with Crippen molar-refractivity contribution in [2.75, 3.05) is 0 Å². The first-order valence-electron chi connectivity index (χ1n) is 4.44. The molecule has 1 rings (SSSR count). The second kappa shape index (κ2) is 4.74. The quantitative estimate of drug-likeness (QED) is 0.385. The lowest BCUT2D eigenvalue weighted by Gasteiger charge is -2.37. The molecule has 92 valence electrons. The van der Waals surface area contributed by atoms with Crippen molar-refractivity contribution < 1.29 is 39.5 Å². The normalized spacial score (nSPS) is 39.1. The highest BCUT2D eigenvalue weighted by atomic mass is 16.7. The smallest absolute Gasteiger partial charge is 0.335 e. The van der Waals surface area contributed by atoms with Crippen LogP contribution >= 0.6 is 0 Å². The highest BCUT2D eigenvalue weighted by Gasteiger charge is 2.48. The van der Waals surface area contributed by atoms with E-state index in [9.17, 15) is 24.9 Å². The van der Waals surface area contributed by atoms with Gasteiger partial charge in [-0.05, 0) is 0 Å². The van der Waals surface area contributed by atoms with Gasteiger partial charge in [-0.2, -0.15) is 0 Å². The van der Waals surface area contributed by atoms with Crippen molar-refractivity contribution in [2.45, 2.75) is 37.6 Å². The molecule has 1 saturated heterocycles. The Morgan fingerprint density at radius 1 is 1.12 bits per heavy atom. The van der Waals surface area contributed by atoms with Crippen LogP contribution in [0.2, 0.25) is 0 Å². The van der Waals surface area contributed by atoms with E-state index in [1.165, 1.54) is 0 Å². The second-order valence-corrected chi connectivity index (χ2v) is 3.34. The predicted molar refractivity (Wildman–Crippen MR) is 46.1 cm³/mol. The molecular weight excluding hydrogens is 224 g/mol. The molecule has 5 atom stereocenters. The van der Waals surface area contributed by atoms with E-state index in [-0.39, 0.29) is 0 Å². The van der Waals surface area contributed by atoms with E-state index < -0.39 is 42.6 Å². The molecule has 8 heteroatoms. The van der Waals surface area contributed by atoms with Gasteiger partial charge in [0.1, 0.15) is 18.3 Å². The fraction of sp³-hybridized carbons (Fsp3) is 0.750. The Kier molecular flexibility index (Phi) is 3.81. The number of hydrogen-bond acceptors (Lipinski definition) is 7. The summed E-state index contributed by atoms with van der Waals surface area (Å²) in [6, 6.07) is 0. The number of carboxylic acid groups (broad SMARTS) is 1. The summed E-state index contributed by atoms with van der Waals surface area (Å²) in [4.78, 5) is 21.2. The Labute approximate surface area is 90.0 Å². The van der Waals surface area contributed by atoms with E-state index in [0.717, 1.165) is 6.92 Å². The molecule has 0 aromatic carbocycles. The molecule has 16 heavy (non-hydrogen) atoms. The van der Waals surface area contributed by atoms with E-state index in [4.69, 9.17) is 5.11 Å². The number of aliphatic hydroxyl groups is 3. The van der Waals surface area contributed by atoms with Crippen LogP contribution in [0.1, 0.15) is 6.92 Å². The maximum atomic E-state index is 10.6. The third kappa shape index (κ3) is 2.47. The van der Waals surface area contributed by atoms with Gasteiger partial charge in [0.2, 0.25) is 6.29 Å². The maximum absolute atomic E-state index is 10.6. The van der Waals surface area contributed by atoms with Crippen LogP contribution in [0.15, 0.2) is 0 Å². The molecule has 0 bridgehead atoms. The number of ether oxygens (including phenoxy) is 2. The summed E-state index contributed by atoms with van der Waals surface area (Å²) in [7, 11) is 0. The van der Waals surface area contributed by atoms with Crippen molar-refractivity contribution in [3.05, 3.63) is 0 Å². The Morgan fingerprint density at radius 3 is 2.12 bits per heavy atom. The number of esters is 1. The number of rotatable bonds is 2. The summed E-state index contributed by atoms with van der Waals surface area (Å²) in [6.07, 6.45) is -8.63. The van der Waals surface area contributed by atoms with Gasteiger partial charge in [0, 0.05) is 6.92 Å². The zero-order valence-corrected chi connectivity index (χ0v) is 8.31. The molecule has 0 saturated carbocycles. The number of aliphatic hydroxyl groups excluding tert-OH is 3. The van der Waals surface area contributed by atoms with Gasteiger partial charge in [-0.25, -0.2) is 4.79 Å². The Balaban J connectivity index is 2.80. The lowest BCUT2D eigenvalue weighted by Crippen LogP contribution is -2.60. The number of hydrogen-bond donors (Lipinski definition) is 4. The molecule has 1 aliphatic rings. The monoisotopic (exact) mass is 236 g/mol. The molecule has 0 spiro atoms. The maximum Gasteiger partial charge on any atom is 0.335 e. The van der Waals surface area contributed by atoms with E-state index in [0.29, 0.717) is 0 Å². The van der Waals surface area contributed by atoms with Crippen molar-refractivity contribution in [1.82, 2.24) is 0 Å².